The fourth-order valence-electron chi connectivity index (χ4n) is 2.79. The highest BCUT2D eigenvalue weighted by Gasteiger charge is 2.20. The molecule has 0 radical (unpaired) electrons. The van der Waals surface area contributed by atoms with Crippen molar-refractivity contribution in [1.82, 2.24) is 19.4 Å². The van der Waals surface area contributed by atoms with Crippen molar-refractivity contribution in [2.24, 2.45) is 0 Å². The van der Waals surface area contributed by atoms with Crippen LogP contribution in [0, 0.1) is 6.92 Å². The number of amides is 1. The molecule has 0 spiro atoms. The molecule has 0 bridgehead atoms. The zero-order valence-corrected chi connectivity index (χ0v) is 12.9. The first-order chi connectivity index (χ1) is 10.2. The van der Waals surface area contributed by atoms with Crippen LogP contribution in [0.1, 0.15) is 30.8 Å². The zero-order valence-electron chi connectivity index (χ0n) is 12.2. The van der Waals surface area contributed by atoms with E-state index in [1.54, 1.807) is 0 Å². The number of aromatic nitrogens is 3. The second kappa shape index (κ2) is 6.02. The van der Waals surface area contributed by atoms with Gasteiger partial charge in [-0.3, -0.25) is 4.79 Å². The minimum Gasteiger partial charge on any atom is -0.341 e. The maximum absolute atomic E-state index is 12.5. The molecule has 0 unspecified atom stereocenters. The van der Waals surface area contributed by atoms with E-state index in [2.05, 4.69) is 9.97 Å². The average Bonchev–Trinajstić information content (AvgIpc) is 2.85. The number of piperidine rings is 1. The first kappa shape index (κ1) is 14.3. The quantitative estimate of drug-likeness (QED) is 0.819. The van der Waals surface area contributed by atoms with Gasteiger partial charge in [0.05, 0.1) is 5.88 Å². The van der Waals surface area contributed by atoms with Gasteiger partial charge in [0.25, 0.3) is 0 Å². The van der Waals surface area contributed by atoms with E-state index in [9.17, 15) is 4.79 Å². The largest absolute Gasteiger partial charge is 0.341 e. The molecule has 0 N–H and O–H groups in total. The molecule has 1 fully saturated rings. The molecule has 21 heavy (non-hydrogen) atoms. The molecule has 2 aromatic heterocycles. The highest BCUT2D eigenvalue weighted by molar-refractivity contribution is 6.16. The Balaban J connectivity index is 1.91. The molecule has 1 amide bonds. The molecule has 0 atom stereocenters. The summed E-state index contributed by atoms with van der Waals surface area (Å²) in [6, 6.07) is 3.85. The van der Waals surface area contributed by atoms with Crippen LogP contribution in [0.15, 0.2) is 12.1 Å². The lowest BCUT2D eigenvalue weighted by molar-refractivity contribution is -0.132. The van der Waals surface area contributed by atoms with Gasteiger partial charge in [-0.05, 0) is 38.3 Å². The van der Waals surface area contributed by atoms with Crippen molar-refractivity contribution >= 4 is 28.7 Å². The Kier molecular flexibility index (Phi) is 4.10. The Morgan fingerprint density at radius 3 is 2.71 bits per heavy atom. The summed E-state index contributed by atoms with van der Waals surface area (Å²) in [5.74, 6) is 1.11. The predicted molar refractivity (Wildman–Crippen MR) is 82.3 cm³/mol. The number of pyridine rings is 1. The Morgan fingerprint density at radius 2 is 2.00 bits per heavy atom. The van der Waals surface area contributed by atoms with Crippen LogP contribution in [-0.2, 0) is 17.2 Å². The predicted octanol–water partition coefficient (Wildman–Crippen LogP) is 2.49. The molecular formula is C15H19ClN4O. The summed E-state index contributed by atoms with van der Waals surface area (Å²) < 4.78 is 1.85. The van der Waals surface area contributed by atoms with E-state index in [4.69, 9.17) is 11.6 Å². The van der Waals surface area contributed by atoms with Gasteiger partial charge in [0.1, 0.15) is 17.9 Å². The molecule has 0 aliphatic carbocycles. The molecule has 3 heterocycles. The van der Waals surface area contributed by atoms with Crippen LogP contribution < -0.4 is 0 Å². The molecule has 5 nitrogen and oxygen atoms in total. The third-order valence-corrected chi connectivity index (χ3v) is 4.17. The van der Waals surface area contributed by atoms with Gasteiger partial charge in [-0.15, -0.1) is 11.6 Å². The third-order valence-electron chi connectivity index (χ3n) is 3.93. The number of alkyl halides is 1. The van der Waals surface area contributed by atoms with E-state index < -0.39 is 0 Å². The van der Waals surface area contributed by atoms with Gasteiger partial charge in [0.2, 0.25) is 5.91 Å². The number of carbonyl (C=O) groups excluding carboxylic acids is 1. The second-order valence-electron chi connectivity index (χ2n) is 5.48. The number of imidazole rings is 1. The fraction of sp³-hybridized carbons (Fsp3) is 0.533. The molecule has 6 heteroatoms. The van der Waals surface area contributed by atoms with Crippen molar-refractivity contribution < 1.29 is 4.79 Å². The van der Waals surface area contributed by atoms with Gasteiger partial charge in [-0.1, -0.05) is 0 Å². The van der Waals surface area contributed by atoms with Gasteiger partial charge >= 0.3 is 0 Å². The van der Waals surface area contributed by atoms with Gasteiger partial charge in [0.15, 0.2) is 5.65 Å². The van der Waals surface area contributed by atoms with Crippen LogP contribution in [0.25, 0.3) is 11.2 Å². The molecule has 112 valence electrons. The molecule has 1 saturated heterocycles. The zero-order chi connectivity index (χ0) is 14.8. The molecular weight excluding hydrogens is 288 g/mol. The molecule has 0 aromatic carbocycles. The van der Waals surface area contributed by atoms with Crippen molar-refractivity contribution in [2.75, 3.05) is 13.1 Å². The Bertz CT molecular complexity index is 661. The summed E-state index contributed by atoms with van der Waals surface area (Å²) in [4.78, 5) is 23.4. The van der Waals surface area contributed by atoms with Gasteiger partial charge in [-0.2, -0.15) is 0 Å². The number of fused-ring (bicyclic) bond motifs is 1. The standard InChI is InChI=1S/C15H19ClN4O/c1-11-5-6-12-15(17-11)20(13(9-16)18-12)10-14(21)19-7-3-2-4-8-19/h5-6H,2-4,7-10H2,1H3. The van der Waals surface area contributed by atoms with E-state index >= 15 is 0 Å². The number of carbonyl (C=O) groups is 1. The van der Waals surface area contributed by atoms with Crippen molar-refractivity contribution in [3.63, 3.8) is 0 Å². The molecule has 2 aromatic rings. The lowest BCUT2D eigenvalue weighted by atomic mass is 10.1. The van der Waals surface area contributed by atoms with Gasteiger partial charge < -0.3 is 9.47 Å². The van der Waals surface area contributed by atoms with Crippen molar-refractivity contribution in [3.8, 4) is 0 Å². The maximum atomic E-state index is 12.5. The summed E-state index contributed by atoms with van der Waals surface area (Å²) >= 11 is 5.98. The van der Waals surface area contributed by atoms with Gasteiger partial charge in [0, 0.05) is 18.8 Å². The van der Waals surface area contributed by atoms with Crippen LogP contribution in [0.3, 0.4) is 0 Å². The van der Waals surface area contributed by atoms with Crippen molar-refractivity contribution in [2.45, 2.75) is 38.6 Å². The highest BCUT2D eigenvalue weighted by atomic mass is 35.5. The highest BCUT2D eigenvalue weighted by Crippen LogP contribution is 2.17. The van der Waals surface area contributed by atoms with Crippen LogP contribution in [0.2, 0.25) is 0 Å². The topological polar surface area (TPSA) is 51.0 Å². The van der Waals surface area contributed by atoms with Crippen LogP contribution in [0.4, 0.5) is 0 Å². The van der Waals surface area contributed by atoms with Crippen LogP contribution in [0.5, 0.6) is 0 Å². The van der Waals surface area contributed by atoms with E-state index in [1.807, 2.05) is 28.5 Å². The summed E-state index contributed by atoms with van der Waals surface area (Å²) in [5.41, 5.74) is 2.45. The van der Waals surface area contributed by atoms with E-state index in [0.717, 1.165) is 42.8 Å². The molecule has 1 aliphatic rings. The first-order valence-electron chi connectivity index (χ1n) is 7.35. The number of aryl methyl sites for hydroxylation is 1. The lowest BCUT2D eigenvalue weighted by Gasteiger charge is -2.27. The third kappa shape index (κ3) is 2.88. The maximum Gasteiger partial charge on any atom is 0.242 e. The molecule has 3 rings (SSSR count). The van der Waals surface area contributed by atoms with Gasteiger partial charge in [-0.25, -0.2) is 9.97 Å². The number of likely N-dealkylation sites (tertiary alicyclic amines) is 1. The number of rotatable bonds is 3. The van der Waals surface area contributed by atoms with E-state index in [1.165, 1.54) is 6.42 Å². The van der Waals surface area contributed by atoms with Crippen molar-refractivity contribution in [1.29, 1.82) is 0 Å². The van der Waals surface area contributed by atoms with Crippen LogP contribution in [-0.4, -0.2) is 38.4 Å². The monoisotopic (exact) mass is 306 g/mol. The summed E-state index contributed by atoms with van der Waals surface area (Å²) in [6.07, 6.45) is 3.40. The Hall–Kier alpha value is -1.62. The van der Waals surface area contributed by atoms with Crippen LogP contribution >= 0.6 is 11.6 Å². The first-order valence-corrected chi connectivity index (χ1v) is 7.89. The summed E-state index contributed by atoms with van der Waals surface area (Å²) in [7, 11) is 0. The number of nitrogens with zero attached hydrogens (tertiary/aromatic N) is 4. The number of halogens is 1. The average molecular weight is 307 g/mol. The van der Waals surface area contributed by atoms with E-state index in [0.29, 0.717) is 5.82 Å². The summed E-state index contributed by atoms with van der Waals surface area (Å²) in [5, 5.41) is 0. The lowest BCUT2D eigenvalue weighted by Crippen LogP contribution is -2.38. The fourth-order valence-corrected chi connectivity index (χ4v) is 2.99. The second-order valence-corrected chi connectivity index (χ2v) is 5.75. The SMILES string of the molecule is Cc1ccc2nc(CCl)n(CC(=O)N3CCCCC3)c2n1. The minimum absolute atomic E-state index is 0.128. The number of hydrogen-bond donors (Lipinski definition) is 0. The van der Waals surface area contributed by atoms with E-state index in [-0.39, 0.29) is 18.3 Å². The normalized spacial score (nSPS) is 15.6. The Labute approximate surface area is 128 Å². The Morgan fingerprint density at radius 1 is 1.24 bits per heavy atom. The minimum atomic E-state index is 0.128. The summed E-state index contributed by atoms with van der Waals surface area (Å²) in [6.45, 7) is 3.92. The number of hydrogen-bond acceptors (Lipinski definition) is 3. The van der Waals surface area contributed by atoms with Crippen molar-refractivity contribution in [3.05, 3.63) is 23.7 Å². The molecule has 0 saturated carbocycles. The smallest absolute Gasteiger partial charge is 0.242 e. The molecule has 1 aliphatic heterocycles.